The zero-order valence-electron chi connectivity index (χ0n) is 12.4. The molecule has 0 spiro atoms. The number of hydrogen-bond acceptors (Lipinski definition) is 1. The van der Waals surface area contributed by atoms with Gasteiger partial charge in [-0.3, -0.25) is 0 Å². The van der Waals surface area contributed by atoms with Gasteiger partial charge in [0.2, 0.25) is 0 Å². The average Bonchev–Trinajstić information content (AvgIpc) is 2.48. The molecule has 2 aromatic rings. The molecule has 0 aromatic heterocycles. The molecule has 1 nitrogen and oxygen atoms in total. The lowest BCUT2D eigenvalue weighted by atomic mass is 9.98. The van der Waals surface area contributed by atoms with E-state index in [9.17, 15) is 0 Å². The van der Waals surface area contributed by atoms with Crippen molar-refractivity contribution in [3.8, 4) is 0 Å². The van der Waals surface area contributed by atoms with Crippen molar-refractivity contribution in [2.75, 3.05) is 5.32 Å². The summed E-state index contributed by atoms with van der Waals surface area (Å²) >= 11 is 3.58. The molecule has 0 aliphatic heterocycles. The summed E-state index contributed by atoms with van der Waals surface area (Å²) in [4.78, 5) is 0. The van der Waals surface area contributed by atoms with Crippen molar-refractivity contribution in [1.29, 1.82) is 0 Å². The van der Waals surface area contributed by atoms with E-state index in [4.69, 9.17) is 0 Å². The van der Waals surface area contributed by atoms with Crippen molar-refractivity contribution in [2.45, 2.75) is 39.7 Å². The molecule has 0 aliphatic rings. The molecular formula is C18H22BrN. The molecule has 0 heterocycles. The Morgan fingerprint density at radius 1 is 1.10 bits per heavy atom. The van der Waals surface area contributed by atoms with Crippen molar-refractivity contribution in [1.82, 2.24) is 0 Å². The highest BCUT2D eigenvalue weighted by Crippen LogP contribution is 2.21. The second kappa shape index (κ2) is 6.94. The summed E-state index contributed by atoms with van der Waals surface area (Å²) in [5.41, 5.74) is 5.14. The molecule has 1 unspecified atom stereocenters. The van der Waals surface area contributed by atoms with Crippen LogP contribution in [-0.2, 0) is 6.54 Å². The van der Waals surface area contributed by atoms with Crippen LogP contribution < -0.4 is 5.32 Å². The molecule has 0 aliphatic carbocycles. The molecule has 1 N–H and O–H groups in total. The van der Waals surface area contributed by atoms with Crippen LogP contribution in [0.15, 0.2) is 46.9 Å². The fourth-order valence-electron chi connectivity index (χ4n) is 2.12. The number of aryl methyl sites for hydroxylation is 1. The maximum atomic E-state index is 3.58. The second-order valence-electron chi connectivity index (χ2n) is 5.37. The van der Waals surface area contributed by atoms with Gasteiger partial charge in [0.1, 0.15) is 0 Å². The van der Waals surface area contributed by atoms with Crippen molar-refractivity contribution in [3.63, 3.8) is 0 Å². The van der Waals surface area contributed by atoms with Crippen molar-refractivity contribution in [2.24, 2.45) is 0 Å². The van der Waals surface area contributed by atoms with E-state index >= 15 is 0 Å². The Kier molecular flexibility index (Phi) is 5.24. The first-order valence-electron chi connectivity index (χ1n) is 7.19. The molecule has 0 radical (unpaired) electrons. The van der Waals surface area contributed by atoms with Crippen LogP contribution in [-0.4, -0.2) is 0 Å². The van der Waals surface area contributed by atoms with Gasteiger partial charge in [0.05, 0.1) is 0 Å². The summed E-state index contributed by atoms with van der Waals surface area (Å²) in [6, 6.07) is 15.3. The number of hydrogen-bond donors (Lipinski definition) is 1. The van der Waals surface area contributed by atoms with E-state index in [0.29, 0.717) is 5.92 Å². The molecule has 0 bridgehead atoms. The highest BCUT2D eigenvalue weighted by atomic mass is 79.9. The van der Waals surface area contributed by atoms with Crippen LogP contribution in [0.3, 0.4) is 0 Å². The van der Waals surface area contributed by atoms with Crippen molar-refractivity contribution >= 4 is 21.6 Å². The largest absolute Gasteiger partial charge is 0.381 e. The van der Waals surface area contributed by atoms with E-state index in [1.807, 2.05) is 0 Å². The normalized spacial score (nSPS) is 12.2. The lowest BCUT2D eigenvalue weighted by molar-refractivity contribution is 0.734. The summed E-state index contributed by atoms with van der Waals surface area (Å²) in [6.07, 6.45) is 1.18. The highest BCUT2D eigenvalue weighted by molar-refractivity contribution is 9.10. The number of anilines is 1. The first kappa shape index (κ1) is 15.1. The van der Waals surface area contributed by atoms with Crippen LogP contribution in [0.25, 0.3) is 0 Å². The fraction of sp³-hybridized carbons (Fsp3) is 0.333. The van der Waals surface area contributed by atoms with Gasteiger partial charge in [0.25, 0.3) is 0 Å². The van der Waals surface area contributed by atoms with Gasteiger partial charge >= 0.3 is 0 Å². The van der Waals surface area contributed by atoms with E-state index in [2.05, 4.69) is 84.5 Å². The van der Waals surface area contributed by atoms with Gasteiger partial charge in [-0.2, -0.15) is 0 Å². The number of halogens is 1. The van der Waals surface area contributed by atoms with Crippen LogP contribution in [0.2, 0.25) is 0 Å². The van der Waals surface area contributed by atoms with Gasteiger partial charge in [-0.1, -0.05) is 54.0 Å². The first-order chi connectivity index (χ1) is 9.60. The van der Waals surface area contributed by atoms with Crippen molar-refractivity contribution < 1.29 is 0 Å². The zero-order valence-corrected chi connectivity index (χ0v) is 14.0. The molecule has 2 rings (SSSR count). The quantitative estimate of drug-likeness (QED) is 0.720. The summed E-state index contributed by atoms with van der Waals surface area (Å²) < 4.78 is 1.17. The SMILES string of the molecule is CCC(C)c1ccc(NCc2ccc(C)c(Br)c2)cc1. The summed E-state index contributed by atoms with van der Waals surface area (Å²) in [5.74, 6) is 0.636. The standard InChI is InChI=1S/C18H22BrN/c1-4-13(2)16-7-9-17(10-8-16)20-12-15-6-5-14(3)18(19)11-15/h5-11,13,20H,4,12H2,1-3H3. The van der Waals surface area contributed by atoms with Crippen LogP contribution in [0.1, 0.15) is 42.9 Å². The molecule has 0 saturated heterocycles. The first-order valence-corrected chi connectivity index (χ1v) is 7.98. The molecule has 0 amide bonds. The van der Waals surface area contributed by atoms with Gasteiger partial charge in [0.15, 0.2) is 0 Å². The fourth-order valence-corrected chi connectivity index (χ4v) is 2.54. The minimum Gasteiger partial charge on any atom is -0.381 e. The van der Waals surface area contributed by atoms with E-state index < -0.39 is 0 Å². The maximum Gasteiger partial charge on any atom is 0.0401 e. The molecular weight excluding hydrogens is 310 g/mol. The van der Waals surface area contributed by atoms with E-state index in [1.54, 1.807) is 0 Å². The Labute approximate surface area is 130 Å². The third-order valence-electron chi connectivity index (χ3n) is 3.82. The molecule has 106 valence electrons. The summed E-state index contributed by atoms with van der Waals surface area (Å²) in [7, 11) is 0. The number of benzene rings is 2. The molecule has 2 aromatic carbocycles. The Bertz CT molecular complexity index is 560. The minimum atomic E-state index is 0.636. The number of nitrogens with one attached hydrogen (secondary N) is 1. The minimum absolute atomic E-state index is 0.636. The van der Waals surface area contributed by atoms with Gasteiger partial charge in [-0.15, -0.1) is 0 Å². The van der Waals surface area contributed by atoms with Crippen molar-refractivity contribution in [3.05, 3.63) is 63.6 Å². The second-order valence-corrected chi connectivity index (χ2v) is 6.22. The van der Waals surface area contributed by atoms with Gasteiger partial charge in [-0.05, 0) is 54.2 Å². The highest BCUT2D eigenvalue weighted by Gasteiger charge is 2.02. The Morgan fingerprint density at radius 3 is 2.40 bits per heavy atom. The summed E-state index contributed by atoms with van der Waals surface area (Å²) in [5, 5.41) is 3.47. The number of rotatable bonds is 5. The van der Waals surface area contributed by atoms with Crippen LogP contribution in [0.4, 0.5) is 5.69 Å². The van der Waals surface area contributed by atoms with E-state index in [1.165, 1.54) is 33.3 Å². The lowest BCUT2D eigenvalue weighted by Gasteiger charge is -2.11. The molecule has 1 atom stereocenters. The summed E-state index contributed by atoms with van der Waals surface area (Å²) in [6.45, 7) is 7.45. The Balaban J connectivity index is 1.98. The molecule has 0 fully saturated rings. The monoisotopic (exact) mass is 331 g/mol. The van der Waals surface area contributed by atoms with Crippen LogP contribution >= 0.6 is 15.9 Å². The van der Waals surface area contributed by atoms with Crippen LogP contribution in [0, 0.1) is 6.92 Å². The van der Waals surface area contributed by atoms with E-state index in [-0.39, 0.29) is 0 Å². The third kappa shape index (κ3) is 3.86. The smallest absolute Gasteiger partial charge is 0.0401 e. The Hall–Kier alpha value is -1.28. The molecule has 2 heteroatoms. The maximum absolute atomic E-state index is 3.58. The predicted molar refractivity (Wildman–Crippen MR) is 91.4 cm³/mol. The lowest BCUT2D eigenvalue weighted by Crippen LogP contribution is -2.00. The van der Waals surface area contributed by atoms with Gasteiger partial charge in [-0.25, -0.2) is 0 Å². The third-order valence-corrected chi connectivity index (χ3v) is 4.68. The van der Waals surface area contributed by atoms with Gasteiger partial charge in [0, 0.05) is 16.7 Å². The molecule has 20 heavy (non-hydrogen) atoms. The zero-order chi connectivity index (χ0) is 14.5. The Morgan fingerprint density at radius 2 is 1.80 bits per heavy atom. The predicted octanol–water partition coefficient (Wildman–Crippen LogP) is 5.88. The average molecular weight is 332 g/mol. The van der Waals surface area contributed by atoms with Crippen LogP contribution in [0.5, 0.6) is 0 Å². The van der Waals surface area contributed by atoms with Gasteiger partial charge < -0.3 is 5.32 Å². The topological polar surface area (TPSA) is 12.0 Å². The van der Waals surface area contributed by atoms with E-state index in [0.717, 1.165) is 6.54 Å². The molecule has 0 saturated carbocycles.